The molecule has 0 unspecified atom stereocenters. The molecule has 0 aliphatic carbocycles. The van der Waals surface area contributed by atoms with Crippen LogP contribution in [0.5, 0.6) is 0 Å². The number of nitriles is 1. The number of nitrogens with zero attached hydrogens (tertiary/aromatic N) is 3. The zero-order valence-corrected chi connectivity index (χ0v) is 11.4. The summed E-state index contributed by atoms with van der Waals surface area (Å²) in [6, 6.07) is 11.7. The van der Waals surface area contributed by atoms with Crippen molar-refractivity contribution in [2.45, 2.75) is 0 Å². The predicted molar refractivity (Wildman–Crippen MR) is 84.4 cm³/mol. The van der Waals surface area contributed by atoms with Gasteiger partial charge in [0.25, 0.3) is 0 Å². The van der Waals surface area contributed by atoms with Gasteiger partial charge in [-0.2, -0.15) is 5.26 Å². The van der Waals surface area contributed by atoms with Crippen molar-refractivity contribution in [3.63, 3.8) is 0 Å². The van der Waals surface area contributed by atoms with Crippen molar-refractivity contribution in [2.24, 2.45) is 0 Å². The molecule has 22 heavy (non-hydrogen) atoms. The molecule has 0 aliphatic rings. The zero-order chi connectivity index (χ0) is 15.5. The first kappa shape index (κ1) is 13.7. The number of urea groups is 1. The molecule has 0 spiro atoms. The first-order chi connectivity index (χ1) is 10.7. The number of carbonyl (C=O) groups excluding carboxylic acids is 1. The SMILES string of the molecule is [B]c1ccc2cncn2c1NC(=O)Nc1ccc(C#N)cc1. The molecule has 2 heterocycles. The van der Waals surface area contributed by atoms with Crippen LogP contribution in [0, 0.1) is 11.3 Å². The van der Waals surface area contributed by atoms with Gasteiger partial charge in [0.1, 0.15) is 20.0 Å². The van der Waals surface area contributed by atoms with Crippen molar-refractivity contribution in [3.05, 3.63) is 54.5 Å². The summed E-state index contributed by atoms with van der Waals surface area (Å²) in [5, 5.41) is 14.1. The lowest BCUT2D eigenvalue weighted by molar-refractivity contribution is 0.262. The standard InChI is InChI=1S/C15H10BN5O/c16-13-6-5-12-8-18-9-21(12)14(13)20-15(22)19-11-3-1-10(7-17)2-4-11/h1-6,8-9H,(H2,19,20,22). The van der Waals surface area contributed by atoms with Gasteiger partial charge in [0.15, 0.2) is 0 Å². The molecule has 0 saturated heterocycles. The van der Waals surface area contributed by atoms with Crippen molar-refractivity contribution in [2.75, 3.05) is 10.6 Å². The van der Waals surface area contributed by atoms with Gasteiger partial charge in [-0.25, -0.2) is 9.78 Å². The molecule has 0 saturated carbocycles. The minimum atomic E-state index is -0.433. The highest BCUT2D eigenvalue weighted by Gasteiger charge is 2.08. The van der Waals surface area contributed by atoms with E-state index in [2.05, 4.69) is 15.6 Å². The van der Waals surface area contributed by atoms with E-state index in [1.165, 1.54) is 0 Å². The highest BCUT2D eigenvalue weighted by atomic mass is 16.2. The smallest absolute Gasteiger partial charge is 0.308 e. The van der Waals surface area contributed by atoms with Crippen LogP contribution in [0.25, 0.3) is 5.52 Å². The van der Waals surface area contributed by atoms with Crippen LogP contribution in [0.4, 0.5) is 16.3 Å². The van der Waals surface area contributed by atoms with E-state index in [0.717, 1.165) is 5.52 Å². The Morgan fingerprint density at radius 2 is 1.95 bits per heavy atom. The van der Waals surface area contributed by atoms with Crippen LogP contribution in [0.2, 0.25) is 0 Å². The third-order valence-electron chi connectivity index (χ3n) is 3.12. The minimum Gasteiger partial charge on any atom is -0.308 e. The second kappa shape index (κ2) is 5.62. The Kier molecular flexibility index (Phi) is 3.50. The normalized spacial score (nSPS) is 10.1. The molecule has 2 N–H and O–H groups in total. The van der Waals surface area contributed by atoms with Gasteiger partial charge in [-0.3, -0.25) is 9.72 Å². The number of fused-ring (bicyclic) bond motifs is 1. The first-order valence-corrected chi connectivity index (χ1v) is 6.46. The quantitative estimate of drug-likeness (QED) is 0.703. The molecule has 2 aromatic heterocycles. The molecule has 0 fully saturated rings. The van der Waals surface area contributed by atoms with Crippen molar-refractivity contribution < 1.29 is 4.79 Å². The lowest BCUT2D eigenvalue weighted by atomic mass is 9.97. The average Bonchev–Trinajstić information content (AvgIpc) is 3.00. The molecule has 104 valence electrons. The second-order valence-electron chi connectivity index (χ2n) is 4.59. The fourth-order valence-corrected chi connectivity index (χ4v) is 2.04. The van der Waals surface area contributed by atoms with Gasteiger partial charge in [-0.15, -0.1) is 0 Å². The number of aromatic nitrogens is 2. The topological polar surface area (TPSA) is 82.2 Å². The lowest BCUT2D eigenvalue weighted by Crippen LogP contribution is -2.25. The summed E-state index contributed by atoms with van der Waals surface area (Å²) in [6.45, 7) is 0. The number of nitrogens with one attached hydrogen (secondary N) is 2. The zero-order valence-electron chi connectivity index (χ0n) is 11.4. The van der Waals surface area contributed by atoms with Crippen LogP contribution in [0.15, 0.2) is 48.9 Å². The van der Waals surface area contributed by atoms with Gasteiger partial charge >= 0.3 is 6.03 Å². The van der Waals surface area contributed by atoms with Gasteiger partial charge in [0.2, 0.25) is 0 Å². The Labute approximate surface area is 127 Å². The molecule has 0 bridgehead atoms. The van der Waals surface area contributed by atoms with Gasteiger partial charge in [-0.05, 0) is 30.3 Å². The van der Waals surface area contributed by atoms with E-state index in [9.17, 15) is 4.79 Å². The monoisotopic (exact) mass is 287 g/mol. The fraction of sp³-hybridized carbons (Fsp3) is 0. The van der Waals surface area contributed by atoms with Crippen LogP contribution in [-0.2, 0) is 0 Å². The van der Waals surface area contributed by atoms with E-state index in [1.807, 2.05) is 12.1 Å². The van der Waals surface area contributed by atoms with Crippen molar-refractivity contribution in [3.8, 4) is 6.07 Å². The summed E-state index contributed by atoms with van der Waals surface area (Å²) in [6.07, 6.45) is 3.24. The molecule has 0 atom stereocenters. The van der Waals surface area contributed by atoms with Crippen molar-refractivity contribution in [1.82, 2.24) is 9.38 Å². The van der Waals surface area contributed by atoms with Crippen LogP contribution in [-0.4, -0.2) is 23.3 Å². The van der Waals surface area contributed by atoms with E-state index in [0.29, 0.717) is 22.5 Å². The molecule has 3 aromatic rings. The number of amides is 2. The summed E-state index contributed by atoms with van der Waals surface area (Å²) in [7, 11) is 5.90. The van der Waals surface area contributed by atoms with Crippen LogP contribution >= 0.6 is 0 Å². The number of pyridine rings is 1. The van der Waals surface area contributed by atoms with Gasteiger partial charge in [0, 0.05) is 5.69 Å². The maximum absolute atomic E-state index is 12.1. The highest BCUT2D eigenvalue weighted by molar-refractivity contribution is 6.36. The maximum atomic E-state index is 12.1. The summed E-state index contributed by atoms with van der Waals surface area (Å²) < 4.78 is 1.69. The maximum Gasteiger partial charge on any atom is 0.324 e. The summed E-state index contributed by atoms with van der Waals surface area (Å²) in [5.41, 5.74) is 2.36. The third-order valence-corrected chi connectivity index (χ3v) is 3.12. The summed E-state index contributed by atoms with van der Waals surface area (Å²) in [4.78, 5) is 16.1. The van der Waals surface area contributed by atoms with E-state index in [1.54, 1.807) is 47.3 Å². The number of carbonyl (C=O) groups is 1. The fourth-order valence-electron chi connectivity index (χ4n) is 2.04. The molecule has 2 amide bonds. The Morgan fingerprint density at radius 3 is 2.68 bits per heavy atom. The Hall–Kier alpha value is -3.27. The largest absolute Gasteiger partial charge is 0.324 e. The van der Waals surface area contributed by atoms with Crippen LogP contribution < -0.4 is 16.1 Å². The lowest BCUT2D eigenvalue weighted by Gasteiger charge is -2.12. The van der Waals surface area contributed by atoms with Gasteiger partial charge < -0.3 is 5.32 Å². The molecule has 0 aliphatic heterocycles. The average molecular weight is 287 g/mol. The van der Waals surface area contributed by atoms with E-state index < -0.39 is 6.03 Å². The van der Waals surface area contributed by atoms with E-state index in [4.69, 9.17) is 13.1 Å². The molecular formula is C15H10BN5O. The van der Waals surface area contributed by atoms with Crippen molar-refractivity contribution >= 4 is 36.4 Å². The van der Waals surface area contributed by atoms with E-state index in [-0.39, 0.29) is 0 Å². The predicted octanol–water partition coefficient (Wildman–Crippen LogP) is 1.64. The minimum absolute atomic E-state index is 0.431. The molecule has 2 radical (unpaired) electrons. The Bertz CT molecular complexity index is 879. The van der Waals surface area contributed by atoms with Crippen LogP contribution in [0.1, 0.15) is 5.56 Å². The number of hydrogen-bond acceptors (Lipinski definition) is 3. The Balaban J connectivity index is 1.79. The molecular weight excluding hydrogens is 277 g/mol. The Morgan fingerprint density at radius 1 is 1.18 bits per heavy atom. The molecule has 7 heteroatoms. The number of imidazole rings is 1. The number of rotatable bonds is 2. The van der Waals surface area contributed by atoms with Gasteiger partial charge in [0.05, 0.1) is 23.3 Å². The summed E-state index contributed by atoms with van der Waals surface area (Å²) in [5.74, 6) is 0.446. The number of hydrogen-bond donors (Lipinski definition) is 2. The van der Waals surface area contributed by atoms with Crippen molar-refractivity contribution in [1.29, 1.82) is 5.26 Å². The molecule has 3 rings (SSSR count). The number of benzene rings is 1. The third kappa shape index (κ3) is 2.62. The first-order valence-electron chi connectivity index (χ1n) is 6.46. The number of anilines is 2. The molecule has 6 nitrogen and oxygen atoms in total. The van der Waals surface area contributed by atoms with Gasteiger partial charge in [-0.1, -0.05) is 11.5 Å². The highest BCUT2D eigenvalue weighted by Crippen LogP contribution is 2.12. The van der Waals surface area contributed by atoms with Crippen LogP contribution in [0.3, 0.4) is 0 Å². The second-order valence-corrected chi connectivity index (χ2v) is 4.59. The molecule has 1 aromatic carbocycles. The summed E-state index contributed by atoms with van der Waals surface area (Å²) >= 11 is 0. The van der Waals surface area contributed by atoms with E-state index >= 15 is 0 Å².